The van der Waals surface area contributed by atoms with Gasteiger partial charge in [0.1, 0.15) is 0 Å². The van der Waals surface area contributed by atoms with Crippen molar-refractivity contribution in [1.82, 2.24) is 14.9 Å². The van der Waals surface area contributed by atoms with E-state index in [0.717, 1.165) is 23.3 Å². The number of imidazole rings is 1. The summed E-state index contributed by atoms with van der Waals surface area (Å²) in [7, 11) is 0. The number of nitrogens with one attached hydrogen (secondary N) is 1. The number of aryl methyl sites for hydroxylation is 1. The number of carbonyl (C=O) groups excluding carboxylic acids is 1. The first-order valence-corrected chi connectivity index (χ1v) is 10.4. The van der Waals surface area contributed by atoms with E-state index >= 15 is 0 Å². The van der Waals surface area contributed by atoms with Gasteiger partial charge in [0.05, 0.1) is 23.2 Å². The molecule has 0 saturated heterocycles. The molecule has 30 heavy (non-hydrogen) atoms. The Bertz CT molecular complexity index is 1030. The van der Waals surface area contributed by atoms with E-state index in [4.69, 9.17) is 0 Å². The molecular formula is C22H22F3N3OS. The molecule has 8 heteroatoms. The monoisotopic (exact) mass is 433 g/mol. The number of rotatable bonds is 6. The predicted octanol–water partition coefficient (Wildman–Crippen LogP) is 5.48. The van der Waals surface area contributed by atoms with Crippen molar-refractivity contribution in [3.63, 3.8) is 0 Å². The zero-order chi connectivity index (χ0) is 21.9. The molecule has 0 aliphatic rings. The lowest BCUT2D eigenvalue weighted by atomic mass is 10.1. The fourth-order valence-electron chi connectivity index (χ4n) is 2.93. The highest BCUT2D eigenvalue weighted by molar-refractivity contribution is 7.99. The maximum absolute atomic E-state index is 13.3. The van der Waals surface area contributed by atoms with Gasteiger partial charge in [0.2, 0.25) is 5.91 Å². The number of alkyl halides is 3. The SMILES string of the molecule is Cc1ccc(-c2cnc(SCC(=O)NC(C)C)n2-c2cccc(C(F)(F)F)c2)cc1. The first kappa shape index (κ1) is 22.0. The molecule has 0 unspecified atom stereocenters. The molecule has 0 saturated carbocycles. The van der Waals surface area contributed by atoms with Gasteiger partial charge in [-0.3, -0.25) is 9.36 Å². The van der Waals surface area contributed by atoms with Crippen LogP contribution in [0.1, 0.15) is 25.0 Å². The van der Waals surface area contributed by atoms with Crippen LogP contribution in [-0.4, -0.2) is 27.3 Å². The van der Waals surface area contributed by atoms with Crippen molar-refractivity contribution in [2.24, 2.45) is 0 Å². The van der Waals surface area contributed by atoms with Crippen molar-refractivity contribution in [2.45, 2.75) is 38.1 Å². The van der Waals surface area contributed by atoms with Crippen LogP contribution in [-0.2, 0) is 11.0 Å². The third-order valence-corrected chi connectivity index (χ3v) is 5.24. The van der Waals surface area contributed by atoms with Gasteiger partial charge < -0.3 is 5.32 Å². The summed E-state index contributed by atoms with van der Waals surface area (Å²) in [6.07, 6.45) is -2.83. The Morgan fingerprint density at radius 1 is 1.17 bits per heavy atom. The zero-order valence-electron chi connectivity index (χ0n) is 16.8. The van der Waals surface area contributed by atoms with Gasteiger partial charge in [0.25, 0.3) is 0 Å². The lowest BCUT2D eigenvalue weighted by Gasteiger charge is -2.15. The molecule has 0 radical (unpaired) electrons. The number of nitrogens with zero attached hydrogens (tertiary/aromatic N) is 2. The smallest absolute Gasteiger partial charge is 0.353 e. The molecule has 1 N–H and O–H groups in total. The molecule has 0 spiro atoms. The van der Waals surface area contributed by atoms with E-state index < -0.39 is 11.7 Å². The van der Waals surface area contributed by atoms with Crippen LogP contribution in [0.4, 0.5) is 13.2 Å². The molecule has 1 aromatic heterocycles. The van der Waals surface area contributed by atoms with Gasteiger partial charge in [-0.25, -0.2) is 4.98 Å². The summed E-state index contributed by atoms with van der Waals surface area (Å²) in [5.41, 5.74) is 2.15. The highest BCUT2D eigenvalue weighted by Gasteiger charge is 2.31. The van der Waals surface area contributed by atoms with Crippen LogP contribution in [0.15, 0.2) is 59.9 Å². The van der Waals surface area contributed by atoms with Crippen LogP contribution in [0.3, 0.4) is 0 Å². The van der Waals surface area contributed by atoms with Crippen molar-refractivity contribution >= 4 is 17.7 Å². The highest BCUT2D eigenvalue weighted by Crippen LogP contribution is 2.34. The van der Waals surface area contributed by atoms with Gasteiger partial charge in [0.15, 0.2) is 5.16 Å². The average Bonchev–Trinajstić information content (AvgIpc) is 3.10. The van der Waals surface area contributed by atoms with Crippen molar-refractivity contribution in [2.75, 3.05) is 5.75 Å². The summed E-state index contributed by atoms with van der Waals surface area (Å²) in [5, 5.41) is 3.25. The van der Waals surface area contributed by atoms with E-state index in [-0.39, 0.29) is 17.7 Å². The lowest BCUT2D eigenvalue weighted by Crippen LogP contribution is -2.31. The number of thioether (sulfide) groups is 1. The Kier molecular flexibility index (Phi) is 6.55. The summed E-state index contributed by atoms with van der Waals surface area (Å²) in [5.74, 6) is -0.0490. The molecule has 4 nitrogen and oxygen atoms in total. The maximum Gasteiger partial charge on any atom is 0.416 e. The van der Waals surface area contributed by atoms with Crippen LogP contribution in [0.25, 0.3) is 16.9 Å². The summed E-state index contributed by atoms with van der Waals surface area (Å²) >= 11 is 1.18. The number of halogens is 3. The van der Waals surface area contributed by atoms with Crippen molar-refractivity contribution < 1.29 is 18.0 Å². The van der Waals surface area contributed by atoms with Gasteiger partial charge in [-0.1, -0.05) is 47.7 Å². The summed E-state index contributed by atoms with van der Waals surface area (Å²) in [6.45, 7) is 5.69. The highest BCUT2D eigenvalue weighted by atomic mass is 32.2. The second-order valence-corrected chi connectivity index (χ2v) is 8.13. The van der Waals surface area contributed by atoms with Gasteiger partial charge in [0, 0.05) is 17.3 Å². The summed E-state index contributed by atoms with van der Waals surface area (Å²) in [6, 6.07) is 12.8. The fraction of sp³-hybridized carbons (Fsp3) is 0.273. The number of carbonyl (C=O) groups is 1. The van der Waals surface area contributed by atoms with E-state index in [1.807, 2.05) is 45.0 Å². The maximum atomic E-state index is 13.3. The summed E-state index contributed by atoms with van der Waals surface area (Å²) < 4.78 is 41.5. The lowest BCUT2D eigenvalue weighted by molar-refractivity contribution is -0.137. The fourth-order valence-corrected chi connectivity index (χ4v) is 3.73. The molecule has 0 fully saturated rings. The Labute approximate surface area is 177 Å². The van der Waals surface area contributed by atoms with E-state index in [0.29, 0.717) is 16.5 Å². The molecule has 3 rings (SSSR count). The van der Waals surface area contributed by atoms with Crippen LogP contribution >= 0.6 is 11.8 Å². The Morgan fingerprint density at radius 3 is 2.50 bits per heavy atom. The van der Waals surface area contributed by atoms with E-state index in [2.05, 4.69) is 10.3 Å². The van der Waals surface area contributed by atoms with E-state index in [1.54, 1.807) is 16.8 Å². The Morgan fingerprint density at radius 2 is 1.87 bits per heavy atom. The van der Waals surface area contributed by atoms with Gasteiger partial charge in [-0.15, -0.1) is 0 Å². The molecule has 0 aliphatic carbocycles. The van der Waals surface area contributed by atoms with E-state index in [1.165, 1.54) is 17.8 Å². The van der Waals surface area contributed by atoms with Crippen LogP contribution < -0.4 is 5.32 Å². The minimum atomic E-state index is -4.45. The predicted molar refractivity (Wildman–Crippen MR) is 113 cm³/mol. The molecule has 2 aromatic carbocycles. The summed E-state index contributed by atoms with van der Waals surface area (Å²) in [4.78, 5) is 16.5. The number of amides is 1. The zero-order valence-corrected chi connectivity index (χ0v) is 17.6. The molecular weight excluding hydrogens is 411 g/mol. The first-order valence-electron chi connectivity index (χ1n) is 9.39. The average molecular weight is 433 g/mol. The number of benzene rings is 2. The second kappa shape index (κ2) is 8.95. The molecule has 0 aliphatic heterocycles. The topological polar surface area (TPSA) is 46.9 Å². The largest absolute Gasteiger partial charge is 0.416 e. The molecule has 1 heterocycles. The molecule has 3 aromatic rings. The molecule has 158 valence electrons. The van der Waals surface area contributed by atoms with Crippen molar-refractivity contribution in [1.29, 1.82) is 0 Å². The quantitative estimate of drug-likeness (QED) is 0.524. The third kappa shape index (κ3) is 5.24. The van der Waals surface area contributed by atoms with Crippen molar-refractivity contribution in [3.05, 3.63) is 65.9 Å². The van der Waals surface area contributed by atoms with Crippen LogP contribution in [0.5, 0.6) is 0 Å². The number of hydrogen-bond acceptors (Lipinski definition) is 3. The van der Waals surface area contributed by atoms with Crippen LogP contribution in [0, 0.1) is 6.92 Å². The standard InChI is InChI=1S/C22H22F3N3OS/c1-14(2)27-20(29)13-30-21-26-12-19(16-9-7-15(3)8-10-16)28(21)18-6-4-5-17(11-18)22(23,24)25/h4-12,14H,13H2,1-3H3,(H,27,29). The van der Waals surface area contributed by atoms with Gasteiger partial charge in [-0.2, -0.15) is 13.2 Å². The minimum Gasteiger partial charge on any atom is -0.353 e. The van der Waals surface area contributed by atoms with Crippen molar-refractivity contribution in [3.8, 4) is 16.9 Å². The van der Waals surface area contributed by atoms with Gasteiger partial charge >= 0.3 is 6.18 Å². The number of hydrogen-bond donors (Lipinski definition) is 1. The second-order valence-electron chi connectivity index (χ2n) is 7.19. The first-order chi connectivity index (χ1) is 14.1. The van der Waals surface area contributed by atoms with E-state index in [9.17, 15) is 18.0 Å². The molecule has 0 bridgehead atoms. The third-order valence-electron chi connectivity index (χ3n) is 4.29. The minimum absolute atomic E-state index is 0.00410. The Balaban J connectivity index is 2.04. The Hall–Kier alpha value is -2.74. The number of aromatic nitrogens is 2. The van der Waals surface area contributed by atoms with Crippen LogP contribution in [0.2, 0.25) is 0 Å². The molecule has 0 atom stereocenters. The molecule has 1 amide bonds. The van der Waals surface area contributed by atoms with Gasteiger partial charge in [-0.05, 0) is 39.0 Å². The normalized spacial score (nSPS) is 11.7.